The van der Waals surface area contributed by atoms with Gasteiger partial charge in [-0.05, 0) is 38.1 Å². The molecule has 5 heteroatoms. The summed E-state index contributed by atoms with van der Waals surface area (Å²) in [5.41, 5.74) is 1.73. The molecule has 1 unspecified atom stereocenters. The largest absolute Gasteiger partial charge is 0.495 e. The second kappa shape index (κ2) is 7.22. The molecule has 0 aliphatic rings. The third-order valence-electron chi connectivity index (χ3n) is 3.14. The molecule has 0 saturated carbocycles. The van der Waals surface area contributed by atoms with Crippen LogP contribution in [-0.4, -0.2) is 23.6 Å². The van der Waals surface area contributed by atoms with Gasteiger partial charge in [0, 0.05) is 0 Å². The van der Waals surface area contributed by atoms with Crippen LogP contribution < -0.4 is 9.04 Å². The van der Waals surface area contributed by atoms with Gasteiger partial charge in [-0.15, -0.1) is 0 Å². The van der Waals surface area contributed by atoms with E-state index in [9.17, 15) is 9.00 Å². The number of Topliss-reactive ketones (excluding diaryl/α,β-unsaturated/α-hetero) is 1. The average Bonchev–Trinajstić information content (AvgIpc) is 2.52. The first-order valence-corrected chi connectivity index (χ1v) is 8.02. The minimum atomic E-state index is -1.48. The lowest BCUT2D eigenvalue weighted by atomic mass is 10.2. The first-order valence-electron chi connectivity index (χ1n) is 6.91. The van der Waals surface area contributed by atoms with Crippen molar-refractivity contribution >= 4 is 22.5 Å². The molecule has 2 rings (SSSR count). The van der Waals surface area contributed by atoms with E-state index in [1.807, 2.05) is 43.3 Å². The predicted octanol–water partition coefficient (Wildman–Crippen LogP) is 3.12. The van der Waals surface area contributed by atoms with Crippen molar-refractivity contribution in [2.75, 3.05) is 18.0 Å². The number of methoxy groups -OCH3 is 1. The van der Waals surface area contributed by atoms with Crippen LogP contribution >= 0.6 is 0 Å². The number of aryl methyl sites for hydroxylation is 1. The molecule has 2 aromatic carbocycles. The van der Waals surface area contributed by atoms with Gasteiger partial charge in [-0.1, -0.05) is 29.8 Å². The molecule has 0 radical (unpaired) electrons. The fourth-order valence-corrected chi connectivity index (χ4v) is 3.31. The molecule has 0 saturated heterocycles. The second-order valence-electron chi connectivity index (χ2n) is 4.97. The number of ether oxygens (including phenoxy) is 1. The minimum absolute atomic E-state index is 0.0564. The van der Waals surface area contributed by atoms with Gasteiger partial charge in [-0.2, -0.15) is 0 Å². The number of para-hydroxylation sites is 2. The van der Waals surface area contributed by atoms with E-state index >= 15 is 0 Å². The van der Waals surface area contributed by atoms with Crippen LogP contribution in [0.3, 0.4) is 0 Å². The molecule has 0 aromatic heterocycles. The fraction of sp³-hybridized carbons (Fsp3) is 0.235. The standard InChI is InChI=1S/C17H19NO3S/c1-13-8-10-15(11-9-13)22(20)18(12-14(2)19)16-6-4-5-7-17(16)21-3/h4-11H,12H2,1-3H3. The summed E-state index contributed by atoms with van der Waals surface area (Å²) in [7, 11) is 0.0747. The summed E-state index contributed by atoms with van der Waals surface area (Å²) in [4.78, 5) is 12.3. The third kappa shape index (κ3) is 3.74. The van der Waals surface area contributed by atoms with Crippen LogP contribution in [0.5, 0.6) is 5.75 Å². The molecule has 22 heavy (non-hydrogen) atoms. The number of benzene rings is 2. The highest BCUT2D eigenvalue weighted by atomic mass is 32.2. The summed E-state index contributed by atoms with van der Waals surface area (Å²) in [5, 5.41) is 0. The lowest BCUT2D eigenvalue weighted by Gasteiger charge is -2.24. The fourth-order valence-electron chi connectivity index (χ4n) is 2.05. The van der Waals surface area contributed by atoms with Crippen molar-refractivity contribution in [1.82, 2.24) is 0 Å². The van der Waals surface area contributed by atoms with Crippen LogP contribution in [0, 0.1) is 6.92 Å². The zero-order valence-corrected chi connectivity index (χ0v) is 13.7. The Balaban J connectivity index is 2.43. The van der Waals surface area contributed by atoms with Crippen molar-refractivity contribution in [3.8, 4) is 5.75 Å². The zero-order chi connectivity index (χ0) is 16.1. The lowest BCUT2D eigenvalue weighted by molar-refractivity contribution is -0.115. The van der Waals surface area contributed by atoms with Crippen molar-refractivity contribution in [1.29, 1.82) is 0 Å². The summed E-state index contributed by atoms with van der Waals surface area (Å²) in [5.74, 6) is 0.524. The number of rotatable bonds is 6. The van der Waals surface area contributed by atoms with Crippen LogP contribution in [0.25, 0.3) is 0 Å². The molecule has 2 aromatic rings. The zero-order valence-electron chi connectivity index (χ0n) is 12.9. The van der Waals surface area contributed by atoms with Gasteiger partial charge in [0.25, 0.3) is 0 Å². The van der Waals surface area contributed by atoms with E-state index in [0.717, 1.165) is 5.56 Å². The van der Waals surface area contributed by atoms with Gasteiger partial charge in [-0.25, -0.2) is 4.21 Å². The Bertz CT molecular complexity index is 683. The molecule has 116 valence electrons. The summed E-state index contributed by atoms with van der Waals surface area (Å²) in [6.45, 7) is 3.51. The highest BCUT2D eigenvalue weighted by Gasteiger charge is 2.20. The van der Waals surface area contributed by atoms with Crippen LogP contribution in [-0.2, 0) is 15.8 Å². The molecular formula is C17H19NO3S. The first kappa shape index (κ1) is 16.2. The number of carbonyl (C=O) groups is 1. The topological polar surface area (TPSA) is 46.6 Å². The van der Waals surface area contributed by atoms with Crippen molar-refractivity contribution in [2.45, 2.75) is 18.7 Å². The van der Waals surface area contributed by atoms with E-state index in [4.69, 9.17) is 4.74 Å². The second-order valence-corrected chi connectivity index (χ2v) is 6.38. The summed E-state index contributed by atoms with van der Waals surface area (Å²) in [6, 6.07) is 14.7. The molecule has 0 bridgehead atoms. The van der Waals surface area contributed by atoms with E-state index in [1.54, 1.807) is 23.5 Å². The number of anilines is 1. The Kier molecular flexibility index (Phi) is 5.33. The highest BCUT2D eigenvalue weighted by molar-refractivity contribution is 7.86. The number of carbonyl (C=O) groups excluding carboxylic acids is 1. The van der Waals surface area contributed by atoms with Crippen molar-refractivity contribution in [3.63, 3.8) is 0 Å². The molecule has 0 amide bonds. The number of hydrogen-bond donors (Lipinski definition) is 0. The Labute approximate surface area is 133 Å². The van der Waals surface area contributed by atoms with Gasteiger partial charge in [-0.3, -0.25) is 9.10 Å². The summed E-state index contributed by atoms with van der Waals surface area (Å²) >= 11 is 0. The van der Waals surface area contributed by atoms with E-state index in [-0.39, 0.29) is 12.3 Å². The van der Waals surface area contributed by atoms with Crippen LogP contribution in [0.2, 0.25) is 0 Å². The van der Waals surface area contributed by atoms with Crippen LogP contribution in [0.4, 0.5) is 5.69 Å². The smallest absolute Gasteiger partial charge is 0.153 e. The SMILES string of the molecule is COc1ccccc1N(CC(C)=O)S(=O)c1ccc(C)cc1. The van der Waals surface area contributed by atoms with E-state index in [2.05, 4.69) is 0 Å². The number of hydrogen-bond acceptors (Lipinski definition) is 3. The molecule has 0 aliphatic heterocycles. The summed E-state index contributed by atoms with van der Waals surface area (Å²) < 4.78 is 19.8. The van der Waals surface area contributed by atoms with Crippen molar-refractivity contribution in [2.24, 2.45) is 0 Å². The molecule has 4 nitrogen and oxygen atoms in total. The van der Waals surface area contributed by atoms with Crippen molar-refractivity contribution < 1.29 is 13.7 Å². The predicted molar refractivity (Wildman–Crippen MR) is 88.6 cm³/mol. The van der Waals surface area contributed by atoms with E-state index in [0.29, 0.717) is 16.3 Å². The third-order valence-corrected chi connectivity index (χ3v) is 4.54. The van der Waals surface area contributed by atoms with Gasteiger partial charge in [0.15, 0.2) is 11.0 Å². The molecular weight excluding hydrogens is 298 g/mol. The van der Waals surface area contributed by atoms with Crippen LogP contribution in [0.15, 0.2) is 53.4 Å². The first-order chi connectivity index (χ1) is 10.5. The highest BCUT2D eigenvalue weighted by Crippen LogP contribution is 2.30. The summed E-state index contributed by atoms with van der Waals surface area (Å²) in [6.07, 6.45) is 0. The molecule has 0 aliphatic carbocycles. The van der Waals surface area contributed by atoms with Gasteiger partial charge in [0.2, 0.25) is 0 Å². The van der Waals surface area contributed by atoms with Gasteiger partial charge in [0.05, 0.1) is 24.2 Å². The maximum absolute atomic E-state index is 12.9. The lowest BCUT2D eigenvalue weighted by Crippen LogP contribution is -2.31. The van der Waals surface area contributed by atoms with Gasteiger partial charge < -0.3 is 4.74 Å². The Hall–Kier alpha value is -2.14. The maximum atomic E-state index is 12.9. The Morgan fingerprint density at radius 1 is 1.14 bits per heavy atom. The maximum Gasteiger partial charge on any atom is 0.153 e. The molecule has 0 spiro atoms. The number of ketones is 1. The number of nitrogens with zero attached hydrogens (tertiary/aromatic N) is 1. The minimum Gasteiger partial charge on any atom is -0.495 e. The van der Waals surface area contributed by atoms with E-state index in [1.165, 1.54) is 6.92 Å². The molecule has 0 N–H and O–H groups in total. The Morgan fingerprint density at radius 2 is 1.77 bits per heavy atom. The molecule has 1 atom stereocenters. The van der Waals surface area contributed by atoms with Gasteiger partial charge >= 0.3 is 0 Å². The molecule has 0 fully saturated rings. The Morgan fingerprint density at radius 3 is 2.36 bits per heavy atom. The normalized spacial score (nSPS) is 11.8. The van der Waals surface area contributed by atoms with Gasteiger partial charge in [0.1, 0.15) is 11.5 Å². The molecule has 0 heterocycles. The average molecular weight is 317 g/mol. The van der Waals surface area contributed by atoms with Crippen LogP contribution in [0.1, 0.15) is 12.5 Å². The van der Waals surface area contributed by atoms with Crippen molar-refractivity contribution in [3.05, 3.63) is 54.1 Å². The van der Waals surface area contributed by atoms with E-state index < -0.39 is 11.0 Å². The monoisotopic (exact) mass is 317 g/mol. The quantitative estimate of drug-likeness (QED) is 0.822.